The molecule has 0 fully saturated rings. The number of nitrogens with zero attached hydrogens (tertiary/aromatic N) is 1. The van der Waals surface area contributed by atoms with Crippen LogP contribution in [-0.4, -0.2) is 4.57 Å². The number of hydrogen-bond donors (Lipinski definition) is 0. The molecule has 0 bridgehead atoms. The van der Waals surface area contributed by atoms with Crippen molar-refractivity contribution in [3.8, 4) is 0 Å². The van der Waals surface area contributed by atoms with E-state index in [4.69, 9.17) is 0 Å². The molecule has 0 spiro atoms. The van der Waals surface area contributed by atoms with Crippen molar-refractivity contribution < 1.29 is 0 Å². The molecule has 0 aromatic carbocycles. The van der Waals surface area contributed by atoms with Crippen LogP contribution in [0, 0.1) is 0 Å². The predicted octanol–water partition coefficient (Wildman–Crippen LogP) is 2.54. The zero-order chi connectivity index (χ0) is 7.40. The van der Waals surface area contributed by atoms with Gasteiger partial charge in [0.25, 0.3) is 0 Å². The number of aromatic nitrogens is 1. The molecular weight excluding hydrogens is 122 g/mol. The van der Waals surface area contributed by atoms with Crippen LogP contribution < -0.4 is 0 Å². The first-order chi connectivity index (χ1) is 4.86. The Morgan fingerprint density at radius 1 is 1.70 bits per heavy atom. The van der Waals surface area contributed by atoms with Crippen LogP contribution in [0.2, 0.25) is 0 Å². The van der Waals surface area contributed by atoms with E-state index >= 15 is 0 Å². The maximum absolute atomic E-state index is 3.67. The van der Waals surface area contributed by atoms with Crippen molar-refractivity contribution in [3.05, 3.63) is 30.6 Å². The van der Waals surface area contributed by atoms with E-state index in [2.05, 4.69) is 25.8 Å². The molecule has 1 rings (SSSR count). The van der Waals surface area contributed by atoms with Crippen LogP contribution in [0.4, 0.5) is 0 Å². The van der Waals surface area contributed by atoms with E-state index in [1.54, 1.807) is 6.20 Å². The highest BCUT2D eigenvalue weighted by molar-refractivity contribution is 5.23. The Morgan fingerprint density at radius 2 is 2.50 bits per heavy atom. The standard InChI is InChI=1S/C9H13N/c1-3-5-9-6-7-10(4-2)8-9/h4,6-8H,2-3,5H2,1H3. The van der Waals surface area contributed by atoms with E-state index in [-0.39, 0.29) is 0 Å². The fourth-order valence-corrected chi connectivity index (χ4v) is 1.01. The summed E-state index contributed by atoms with van der Waals surface area (Å²) >= 11 is 0. The van der Waals surface area contributed by atoms with Gasteiger partial charge in [0.05, 0.1) is 0 Å². The molecule has 0 aliphatic carbocycles. The Labute approximate surface area is 62.0 Å². The van der Waals surface area contributed by atoms with Crippen LogP contribution in [0.25, 0.3) is 6.20 Å². The average Bonchev–Trinajstić information content (AvgIpc) is 2.37. The van der Waals surface area contributed by atoms with Crippen molar-refractivity contribution in [3.63, 3.8) is 0 Å². The van der Waals surface area contributed by atoms with Gasteiger partial charge in [0.15, 0.2) is 0 Å². The summed E-state index contributed by atoms with van der Waals surface area (Å²) in [5, 5.41) is 0. The highest BCUT2D eigenvalue weighted by Gasteiger charge is 1.90. The second-order valence-electron chi connectivity index (χ2n) is 2.40. The zero-order valence-corrected chi connectivity index (χ0v) is 6.38. The average molecular weight is 135 g/mol. The van der Waals surface area contributed by atoms with Crippen molar-refractivity contribution in [2.45, 2.75) is 19.8 Å². The molecule has 0 atom stereocenters. The van der Waals surface area contributed by atoms with Gasteiger partial charge in [-0.05, 0) is 18.1 Å². The first-order valence-electron chi connectivity index (χ1n) is 3.65. The van der Waals surface area contributed by atoms with Crippen molar-refractivity contribution in [2.75, 3.05) is 0 Å². The fraction of sp³-hybridized carbons (Fsp3) is 0.333. The monoisotopic (exact) mass is 135 g/mol. The van der Waals surface area contributed by atoms with Crippen LogP contribution >= 0.6 is 0 Å². The lowest BCUT2D eigenvalue weighted by Crippen LogP contribution is -1.79. The van der Waals surface area contributed by atoms with E-state index in [1.807, 2.05) is 10.8 Å². The Hall–Kier alpha value is -0.980. The minimum Gasteiger partial charge on any atom is -0.331 e. The van der Waals surface area contributed by atoms with Gasteiger partial charge in [-0.3, -0.25) is 0 Å². The molecule has 10 heavy (non-hydrogen) atoms. The third-order valence-electron chi connectivity index (χ3n) is 1.53. The number of hydrogen-bond acceptors (Lipinski definition) is 0. The fourth-order valence-electron chi connectivity index (χ4n) is 1.01. The Balaban J connectivity index is 2.68. The van der Waals surface area contributed by atoms with Crippen LogP contribution in [0.15, 0.2) is 25.0 Å². The molecule has 1 aromatic heterocycles. The third-order valence-corrected chi connectivity index (χ3v) is 1.53. The van der Waals surface area contributed by atoms with Crippen LogP contribution in [0.5, 0.6) is 0 Å². The molecule has 0 saturated carbocycles. The van der Waals surface area contributed by atoms with Crippen LogP contribution in [0.1, 0.15) is 18.9 Å². The van der Waals surface area contributed by atoms with E-state index in [0.717, 1.165) is 0 Å². The van der Waals surface area contributed by atoms with Gasteiger partial charge in [-0.2, -0.15) is 0 Å². The van der Waals surface area contributed by atoms with Gasteiger partial charge in [-0.15, -0.1) is 0 Å². The van der Waals surface area contributed by atoms with Gasteiger partial charge < -0.3 is 4.57 Å². The maximum Gasteiger partial charge on any atom is 0.0114 e. The lowest BCUT2D eigenvalue weighted by molar-refractivity contribution is 0.920. The molecule has 0 aliphatic rings. The van der Waals surface area contributed by atoms with Gasteiger partial charge in [0.2, 0.25) is 0 Å². The number of rotatable bonds is 3. The molecule has 1 heteroatoms. The summed E-state index contributed by atoms with van der Waals surface area (Å²) < 4.78 is 1.98. The zero-order valence-electron chi connectivity index (χ0n) is 6.38. The van der Waals surface area contributed by atoms with Crippen molar-refractivity contribution in [2.24, 2.45) is 0 Å². The maximum atomic E-state index is 3.67. The lowest BCUT2D eigenvalue weighted by Gasteiger charge is -1.89. The molecule has 54 valence electrons. The summed E-state index contributed by atoms with van der Waals surface area (Å²) in [6.45, 7) is 5.85. The van der Waals surface area contributed by atoms with Crippen LogP contribution in [0.3, 0.4) is 0 Å². The molecule has 1 nitrogen and oxygen atoms in total. The highest BCUT2D eigenvalue weighted by Crippen LogP contribution is 2.03. The van der Waals surface area contributed by atoms with E-state index in [1.165, 1.54) is 18.4 Å². The van der Waals surface area contributed by atoms with Gasteiger partial charge >= 0.3 is 0 Å². The van der Waals surface area contributed by atoms with Gasteiger partial charge in [-0.25, -0.2) is 0 Å². The van der Waals surface area contributed by atoms with Crippen molar-refractivity contribution in [1.29, 1.82) is 0 Å². The Bertz CT molecular complexity index is 210. The quantitative estimate of drug-likeness (QED) is 0.600. The molecule has 0 saturated heterocycles. The predicted molar refractivity (Wildman–Crippen MR) is 44.8 cm³/mol. The second-order valence-corrected chi connectivity index (χ2v) is 2.40. The topological polar surface area (TPSA) is 4.93 Å². The normalized spacial score (nSPS) is 9.70. The van der Waals surface area contributed by atoms with Gasteiger partial charge in [0, 0.05) is 18.6 Å². The highest BCUT2D eigenvalue weighted by atomic mass is 14.9. The summed E-state index contributed by atoms with van der Waals surface area (Å²) in [6, 6.07) is 2.13. The molecule has 0 radical (unpaired) electrons. The lowest BCUT2D eigenvalue weighted by atomic mass is 10.2. The Kier molecular flexibility index (Phi) is 2.32. The van der Waals surface area contributed by atoms with E-state index in [0.29, 0.717) is 0 Å². The molecule has 1 heterocycles. The summed E-state index contributed by atoms with van der Waals surface area (Å²) in [6.07, 6.45) is 8.32. The van der Waals surface area contributed by atoms with E-state index in [9.17, 15) is 0 Å². The molecule has 1 aromatic rings. The second kappa shape index (κ2) is 3.25. The summed E-state index contributed by atoms with van der Waals surface area (Å²) in [4.78, 5) is 0. The largest absolute Gasteiger partial charge is 0.331 e. The molecule has 0 aliphatic heterocycles. The molecule has 0 unspecified atom stereocenters. The summed E-state index contributed by atoms with van der Waals surface area (Å²) in [5.74, 6) is 0. The van der Waals surface area contributed by atoms with Gasteiger partial charge in [0.1, 0.15) is 0 Å². The van der Waals surface area contributed by atoms with Crippen molar-refractivity contribution >= 4 is 6.20 Å². The minimum atomic E-state index is 1.17. The molecular formula is C9H13N. The molecule has 0 amide bonds. The third kappa shape index (κ3) is 1.50. The first-order valence-corrected chi connectivity index (χ1v) is 3.65. The Morgan fingerprint density at radius 3 is 3.00 bits per heavy atom. The van der Waals surface area contributed by atoms with E-state index < -0.39 is 0 Å². The SMILES string of the molecule is C=Cn1ccc(CCC)c1. The smallest absolute Gasteiger partial charge is 0.0114 e. The number of aryl methyl sites for hydroxylation is 1. The van der Waals surface area contributed by atoms with Crippen LogP contribution in [-0.2, 0) is 6.42 Å². The summed E-state index contributed by atoms with van der Waals surface area (Å²) in [5.41, 5.74) is 1.39. The summed E-state index contributed by atoms with van der Waals surface area (Å²) in [7, 11) is 0. The first kappa shape index (κ1) is 7.13. The van der Waals surface area contributed by atoms with Gasteiger partial charge in [-0.1, -0.05) is 19.9 Å². The molecule has 0 N–H and O–H groups in total. The minimum absolute atomic E-state index is 1.17. The van der Waals surface area contributed by atoms with Crippen molar-refractivity contribution in [1.82, 2.24) is 4.57 Å².